The van der Waals surface area contributed by atoms with E-state index in [1.807, 2.05) is 12.1 Å². The lowest BCUT2D eigenvalue weighted by atomic mass is 10.1. The monoisotopic (exact) mass is 401 g/mol. The number of ether oxygens (including phenoxy) is 2. The molecule has 28 heavy (non-hydrogen) atoms. The first-order valence-electron chi connectivity index (χ1n) is 8.32. The maximum Gasteiger partial charge on any atom is 0.324 e. The Morgan fingerprint density at radius 1 is 0.964 bits per heavy atom. The van der Waals surface area contributed by atoms with Crippen molar-refractivity contribution in [1.82, 2.24) is 0 Å². The Morgan fingerprint density at radius 3 is 2.32 bits per heavy atom. The van der Waals surface area contributed by atoms with Crippen molar-refractivity contribution in [3.8, 4) is 11.5 Å². The molecule has 0 saturated carbocycles. The number of methoxy groups -OCH3 is 2. The van der Waals surface area contributed by atoms with Gasteiger partial charge < -0.3 is 14.6 Å². The predicted octanol–water partition coefficient (Wildman–Crippen LogP) is 3.14. The molecule has 0 heterocycles. The van der Waals surface area contributed by atoms with E-state index in [0.717, 1.165) is 15.1 Å². The summed E-state index contributed by atoms with van der Waals surface area (Å²) >= 11 is 0. The second-order valence-electron chi connectivity index (χ2n) is 5.95. The Bertz CT molecular complexity index is 1130. The molecule has 0 atom stereocenters. The average Bonchev–Trinajstić information content (AvgIpc) is 2.71. The summed E-state index contributed by atoms with van der Waals surface area (Å²) in [6.45, 7) is -0.752. The molecule has 0 aliphatic carbocycles. The summed E-state index contributed by atoms with van der Waals surface area (Å²) in [5.74, 6) is -0.647. The molecule has 0 amide bonds. The fourth-order valence-electron chi connectivity index (χ4n) is 2.87. The molecule has 0 fully saturated rings. The van der Waals surface area contributed by atoms with Gasteiger partial charge in [-0.2, -0.15) is 0 Å². The summed E-state index contributed by atoms with van der Waals surface area (Å²) in [6, 6.07) is 16.5. The van der Waals surface area contributed by atoms with Crippen molar-refractivity contribution >= 4 is 32.5 Å². The van der Waals surface area contributed by atoms with Crippen LogP contribution in [0.25, 0.3) is 10.8 Å². The van der Waals surface area contributed by atoms with Gasteiger partial charge in [0.1, 0.15) is 18.0 Å². The third-order valence-electron chi connectivity index (χ3n) is 4.24. The molecular weight excluding hydrogens is 382 g/mol. The molecule has 0 unspecified atom stereocenters. The zero-order valence-corrected chi connectivity index (χ0v) is 16.1. The zero-order chi connectivity index (χ0) is 20.3. The maximum absolute atomic E-state index is 13.3. The van der Waals surface area contributed by atoms with E-state index in [1.54, 1.807) is 24.3 Å². The number of anilines is 1. The van der Waals surface area contributed by atoms with E-state index < -0.39 is 22.5 Å². The van der Waals surface area contributed by atoms with Gasteiger partial charge in [0.15, 0.2) is 0 Å². The van der Waals surface area contributed by atoms with E-state index in [4.69, 9.17) is 9.47 Å². The molecule has 0 aliphatic rings. The van der Waals surface area contributed by atoms with E-state index in [1.165, 1.54) is 38.5 Å². The first-order chi connectivity index (χ1) is 13.4. The minimum atomic E-state index is -4.16. The number of sulfonamides is 1. The average molecular weight is 401 g/mol. The summed E-state index contributed by atoms with van der Waals surface area (Å²) in [5, 5.41) is 10.9. The van der Waals surface area contributed by atoms with E-state index in [2.05, 4.69) is 0 Å². The number of aliphatic carboxylic acids is 1. The number of carboxylic acid groups (broad SMARTS) is 1. The summed E-state index contributed by atoms with van der Waals surface area (Å²) in [5.41, 5.74) is 0.110. The highest BCUT2D eigenvalue weighted by molar-refractivity contribution is 7.92. The van der Waals surface area contributed by atoms with Crippen LogP contribution in [0.3, 0.4) is 0 Å². The number of benzene rings is 3. The second-order valence-corrected chi connectivity index (χ2v) is 7.81. The zero-order valence-electron chi connectivity index (χ0n) is 15.3. The van der Waals surface area contributed by atoms with Gasteiger partial charge in [0.25, 0.3) is 10.0 Å². The third-order valence-corrected chi connectivity index (χ3v) is 6.00. The molecule has 0 aliphatic heterocycles. The molecule has 3 aromatic rings. The molecule has 0 aromatic heterocycles. The van der Waals surface area contributed by atoms with Crippen molar-refractivity contribution in [3.05, 3.63) is 60.7 Å². The lowest BCUT2D eigenvalue weighted by Gasteiger charge is -2.25. The normalized spacial score (nSPS) is 11.2. The Hall–Kier alpha value is -3.26. The molecule has 3 aromatic carbocycles. The van der Waals surface area contributed by atoms with Gasteiger partial charge in [-0.1, -0.05) is 30.3 Å². The largest absolute Gasteiger partial charge is 0.497 e. The smallest absolute Gasteiger partial charge is 0.324 e. The molecule has 7 nitrogen and oxygen atoms in total. The summed E-state index contributed by atoms with van der Waals surface area (Å²) < 4.78 is 37.8. The Balaban J connectivity index is 2.16. The number of hydrogen-bond donors (Lipinski definition) is 1. The molecule has 0 radical (unpaired) electrons. The van der Waals surface area contributed by atoms with Crippen LogP contribution in [-0.2, 0) is 14.8 Å². The molecule has 0 bridgehead atoms. The van der Waals surface area contributed by atoms with E-state index in [0.29, 0.717) is 5.75 Å². The molecule has 146 valence electrons. The topological polar surface area (TPSA) is 93.1 Å². The minimum Gasteiger partial charge on any atom is -0.497 e. The second kappa shape index (κ2) is 7.77. The highest BCUT2D eigenvalue weighted by Gasteiger charge is 2.29. The highest BCUT2D eigenvalue weighted by Crippen LogP contribution is 2.35. The van der Waals surface area contributed by atoms with Crippen molar-refractivity contribution < 1.29 is 27.8 Å². The highest BCUT2D eigenvalue weighted by atomic mass is 32.2. The van der Waals surface area contributed by atoms with Crippen LogP contribution in [-0.4, -0.2) is 40.3 Å². The number of hydrogen-bond acceptors (Lipinski definition) is 5. The van der Waals surface area contributed by atoms with Crippen LogP contribution in [0.5, 0.6) is 11.5 Å². The SMILES string of the molecule is COc1ccc(N(CC(=O)O)S(=O)(=O)c2ccc3ccccc3c2)c(OC)c1. The predicted molar refractivity (Wildman–Crippen MR) is 106 cm³/mol. The summed E-state index contributed by atoms with van der Waals surface area (Å²) in [6.07, 6.45) is 0. The van der Waals surface area contributed by atoms with Gasteiger partial charge in [-0.05, 0) is 35.0 Å². The first kappa shape index (κ1) is 19.5. The summed E-state index contributed by atoms with van der Waals surface area (Å²) in [4.78, 5) is 11.4. The third kappa shape index (κ3) is 3.72. The number of carboxylic acids is 1. The lowest BCUT2D eigenvalue weighted by Crippen LogP contribution is -2.36. The number of fused-ring (bicyclic) bond motifs is 1. The van der Waals surface area contributed by atoms with Crippen LogP contribution in [0, 0.1) is 0 Å². The molecule has 1 N–H and O–H groups in total. The maximum atomic E-state index is 13.3. The van der Waals surface area contributed by atoms with Crippen LogP contribution in [0.15, 0.2) is 65.6 Å². The molecule has 0 saturated heterocycles. The Kier molecular flexibility index (Phi) is 5.41. The van der Waals surface area contributed by atoms with Crippen LogP contribution in [0.2, 0.25) is 0 Å². The van der Waals surface area contributed by atoms with E-state index in [9.17, 15) is 18.3 Å². The van der Waals surface area contributed by atoms with E-state index >= 15 is 0 Å². The van der Waals surface area contributed by atoms with Crippen molar-refractivity contribution in [2.24, 2.45) is 0 Å². The van der Waals surface area contributed by atoms with Crippen LogP contribution in [0.4, 0.5) is 5.69 Å². The minimum absolute atomic E-state index is 0.00896. The van der Waals surface area contributed by atoms with E-state index in [-0.39, 0.29) is 16.3 Å². The van der Waals surface area contributed by atoms with Gasteiger partial charge in [-0.25, -0.2) is 8.42 Å². The van der Waals surface area contributed by atoms with Crippen molar-refractivity contribution in [3.63, 3.8) is 0 Å². The fraction of sp³-hybridized carbons (Fsp3) is 0.150. The molecule has 3 rings (SSSR count). The van der Waals surface area contributed by atoms with Crippen LogP contribution < -0.4 is 13.8 Å². The van der Waals surface area contributed by atoms with Gasteiger partial charge in [0, 0.05) is 6.07 Å². The standard InChI is InChI=1S/C20H19NO6S/c1-26-16-8-10-18(19(12-16)27-2)21(13-20(22)23)28(24,25)17-9-7-14-5-3-4-6-15(14)11-17/h3-12H,13H2,1-2H3,(H,22,23). The van der Waals surface area contributed by atoms with Crippen molar-refractivity contribution in [2.75, 3.05) is 25.1 Å². The number of nitrogens with zero attached hydrogens (tertiary/aromatic N) is 1. The van der Waals surface area contributed by atoms with Gasteiger partial charge >= 0.3 is 5.97 Å². The fourth-order valence-corrected chi connectivity index (χ4v) is 4.33. The van der Waals surface area contributed by atoms with Crippen molar-refractivity contribution in [1.29, 1.82) is 0 Å². The Morgan fingerprint density at radius 2 is 1.68 bits per heavy atom. The van der Waals surface area contributed by atoms with Gasteiger partial charge in [-0.15, -0.1) is 0 Å². The molecule has 0 spiro atoms. The van der Waals surface area contributed by atoms with Crippen LogP contribution in [0.1, 0.15) is 0 Å². The van der Waals surface area contributed by atoms with Gasteiger partial charge in [0.05, 0.1) is 24.8 Å². The summed E-state index contributed by atoms with van der Waals surface area (Å²) in [7, 11) is -1.32. The molecule has 8 heteroatoms. The number of carbonyl (C=O) groups is 1. The van der Waals surface area contributed by atoms with Gasteiger partial charge in [-0.3, -0.25) is 9.10 Å². The van der Waals surface area contributed by atoms with Gasteiger partial charge in [0.2, 0.25) is 0 Å². The number of rotatable bonds is 7. The van der Waals surface area contributed by atoms with Crippen molar-refractivity contribution in [2.45, 2.75) is 4.90 Å². The Labute approximate surface area is 162 Å². The lowest BCUT2D eigenvalue weighted by molar-refractivity contribution is -0.135. The first-order valence-corrected chi connectivity index (χ1v) is 9.76. The molecular formula is C20H19NO6S. The quantitative estimate of drug-likeness (QED) is 0.654. The van der Waals surface area contributed by atoms with Crippen LogP contribution >= 0.6 is 0 Å².